The molecular formula is C14H16N4O. The molecule has 0 spiro atoms. The lowest BCUT2D eigenvalue weighted by Crippen LogP contribution is -2.33. The maximum Gasteiger partial charge on any atom is 0.323 e. The van der Waals surface area contributed by atoms with Crippen LogP contribution in [0.25, 0.3) is 0 Å². The highest BCUT2D eigenvalue weighted by Crippen LogP contribution is 2.18. The van der Waals surface area contributed by atoms with Crippen molar-refractivity contribution < 1.29 is 4.79 Å². The van der Waals surface area contributed by atoms with Crippen molar-refractivity contribution in [2.24, 2.45) is 0 Å². The van der Waals surface area contributed by atoms with Gasteiger partial charge in [0.2, 0.25) is 0 Å². The maximum absolute atomic E-state index is 12.1. The van der Waals surface area contributed by atoms with Crippen LogP contribution in [-0.2, 0) is 0 Å². The second-order valence-electron chi connectivity index (χ2n) is 4.22. The van der Waals surface area contributed by atoms with Crippen LogP contribution in [0.15, 0.2) is 48.9 Å². The molecule has 2 aromatic rings. The van der Waals surface area contributed by atoms with Gasteiger partial charge in [-0.25, -0.2) is 14.8 Å². The van der Waals surface area contributed by atoms with Crippen LogP contribution in [0.5, 0.6) is 0 Å². The Bertz CT molecular complexity index is 530. The summed E-state index contributed by atoms with van der Waals surface area (Å²) in [6.07, 6.45) is 2.99. The normalized spacial score (nSPS) is 11.7. The molecule has 0 aliphatic rings. The minimum absolute atomic E-state index is 0.0111. The molecule has 98 valence electrons. The van der Waals surface area contributed by atoms with Crippen LogP contribution in [0.2, 0.25) is 0 Å². The van der Waals surface area contributed by atoms with Crippen molar-refractivity contribution >= 4 is 11.8 Å². The minimum atomic E-state index is -0.199. The fourth-order valence-electron chi connectivity index (χ4n) is 1.69. The van der Waals surface area contributed by atoms with Gasteiger partial charge in [-0.2, -0.15) is 0 Å². The molecule has 0 aliphatic heterocycles. The Morgan fingerprint density at radius 3 is 2.63 bits per heavy atom. The molecule has 0 radical (unpaired) electrons. The summed E-state index contributed by atoms with van der Waals surface area (Å²) >= 11 is 0. The van der Waals surface area contributed by atoms with E-state index in [-0.39, 0.29) is 12.1 Å². The molecule has 2 rings (SSSR count). The molecule has 0 fully saturated rings. The van der Waals surface area contributed by atoms with Gasteiger partial charge in [0.25, 0.3) is 0 Å². The van der Waals surface area contributed by atoms with Gasteiger partial charge in [0.15, 0.2) is 0 Å². The van der Waals surface area contributed by atoms with Crippen LogP contribution in [0.1, 0.15) is 18.5 Å². The first kappa shape index (κ1) is 13.0. The zero-order chi connectivity index (χ0) is 13.7. The summed E-state index contributed by atoms with van der Waals surface area (Å²) in [5.74, 6) is 0.493. The number of aromatic nitrogens is 2. The summed E-state index contributed by atoms with van der Waals surface area (Å²) in [7, 11) is 1.76. The molecule has 0 bridgehead atoms. The number of amides is 2. The molecular weight excluding hydrogens is 240 g/mol. The van der Waals surface area contributed by atoms with Crippen molar-refractivity contribution in [3.8, 4) is 0 Å². The number of anilines is 1. The van der Waals surface area contributed by atoms with E-state index in [2.05, 4.69) is 15.3 Å². The first-order valence-electron chi connectivity index (χ1n) is 6.03. The van der Waals surface area contributed by atoms with E-state index in [1.807, 2.05) is 37.3 Å². The maximum atomic E-state index is 12.1. The molecule has 1 atom stereocenters. The first-order valence-corrected chi connectivity index (χ1v) is 6.03. The molecule has 5 nitrogen and oxygen atoms in total. The molecule has 0 aliphatic carbocycles. The summed E-state index contributed by atoms with van der Waals surface area (Å²) in [4.78, 5) is 21.5. The average molecular weight is 256 g/mol. The Morgan fingerprint density at radius 1 is 1.26 bits per heavy atom. The molecule has 1 N–H and O–H groups in total. The lowest BCUT2D eigenvalue weighted by molar-refractivity contribution is 0.208. The number of nitrogens with zero attached hydrogens (tertiary/aromatic N) is 3. The van der Waals surface area contributed by atoms with E-state index in [1.165, 1.54) is 6.33 Å². The van der Waals surface area contributed by atoms with Gasteiger partial charge in [-0.3, -0.25) is 5.32 Å². The molecule has 1 aromatic carbocycles. The Kier molecular flexibility index (Phi) is 4.07. The van der Waals surface area contributed by atoms with Crippen LogP contribution in [0.3, 0.4) is 0 Å². The summed E-state index contributed by atoms with van der Waals surface area (Å²) in [6.45, 7) is 1.98. The van der Waals surface area contributed by atoms with Crippen LogP contribution in [0, 0.1) is 0 Å². The predicted molar refractivity (Wildman–Crippen MR) is 73.7 cm³/mol. The quantitative estimate of drug-likeness (QED) is 0.918. The topological polar surface area (TPSA) is 58.1 Å². The van der Waals surface area contributed by atoms with Gasteiger partial charge >= 0.3 is 6.03 Å². The Morgan fingerprint density at radius 2 is 2.00 bits per heavy atom. The Labute approximate surface area is 112 Å². The molecule has 0 saturated carbocycles. The van der Waals surface area contributed by atoms with Crippen molar-refractivity contribution in [2.45, 2.75) is 13.0 Å². The van der Waals surface area contributed by atoms with E-state index < -0.39 is 0 Å². The van der Waals surface area contributed by atoms with Crippen molar-refractivity contribution in [3.63, 3.8) is 0 Å². The van der Waals surface area contributed by atoms with Crippen LogP contribution < -0.4 is 5.32 Å². The second-order valence-corrected chi connectivity index (χ2v) is 4.22. The fourth-order valence-corrected chi connectivity index (χ4v) is 1.69. The predicted octanol–water partition coefficient (Wildman–Crippen LogP) is 2.70. The smallest absolute Gasteiger partial charge is 0.321 e. The minimum Gasteiger partial charge on any atom is -0.321 e. The van der Waals surface area contributed by atoms with E-state index >= 15 is 0 Å². The third-order valence-electron chi connectivity index (χ3n) is 3.00. The molecule has 0 saturated heterocycles. The van der Waals surface area contributed by atoms with E-state index in [4.69, 9.17) is 0 Å². The van der Waals surface area contributed by atoms with E-state index in [1.54, 1.807) is 24.2 Å². The zero-order valence-electron chi connectivity index (χ0n) is 10.9. The molecule has 2 amide bonds. The largest absolute Gasteiger partial charge is 0.323 e. The highest BCUT2D eigenvalue weighted by atomic mass is 16.2. The molecule has 1 heterocycles. The standard InChI is InChI=1S/C14H16N4O/c1-11(12-6-4-3-5-7-12)18(2)14(19)17-13-8-9-15-10-16-13/h3-11H,1-2H3,(H,15,16,17,19). The number of carbonyl (C=O) groups is 1. The number of benzene rings is 1. The van der Waals surface area contributed by atoms with E-state index in [9.17, 15) is 4.79 Å². The lowest BCUT2D eigenvalue weighted by Gasteiger charge is -2.25. The fraction of sp³-hybridized carbons (Fsp3) is 0.214. The number of hydrogen-bond donors (Lipinski definition) is 1. The summed E-state index contributed by atoms with van der Waals surface area (Å²) in [5, 5.41) is 2.73. The number of urea groups is 1. The van der Waals surface area contributed by atoms with Gasteiger partial charge in [0.1, 0.15) is 12.1 Å². The van der Waals surface area contributed by atoms with Crippen LogP contribution in [0.4, 0.5) is 10.6 Å². The number of nitrogens with one attached hydrogen (secondary N) is 1. The molecule has 5 heteroatoms. The summed E-state index contributed by atoms with van der Waals surface area (Å²) in [6, 6.07) is 11.3. The monoisotopic (exact) mass is 256 g/mol. The van der Waals surface area contributed by atoms with Gasteiger partial charge in [-0.15, -0.1) is 0 Å². The average Bonchev–Trinajstić information content (AvgIpc) is 2.47. The SMILES string of the molecule is CC(c1ccccc1)N(C)C(=O)Nc1ccncn1. The number of rotatable bonds is 3. The van der Waals surface area contributed by atoms with Gasteiger partial charge in [-0.1, -0.05) is 30.3 Å². The van der Waals surface area contributed by atoms with Gasteiger partial charge in [-0.05, 0) is 18.6 Å². The van der Waals surface area contributed by atoms with Gasteiger partial charge in [0.05, 0.1) is 6.04 Å². The summed E-state index contributed by atoms with van der Waals surface area (Å²) < 4.78 is 0. The highest BCUT2D eigenvalue weighted by Gasteiger charge is 2.17. The molecule has 19 heavy (non-hydrogen) atoms. The molecule has 1 aromatic heterocycles. The zero-order valence-corrected chi connectivity index (χ0v) is 10.9. The Hall–Kier alpha value is -2.43. The third kappa shape index (κ3) is 3.28. The van der Waals surface area contributed by atoms with Gasteiger partial charge in [0, 0.05) is 13.2 Å². The number of hydrogen-bond acceptors (Lipinski definition) is 3. The first-order chi connectivity index (χ1) is 9.18. The Balaban J connectivity index is 2.03. The summed E-state index contributed by atoms with van der Waals surface area (Å²) in [5.41, 5.74) is 1.09. The third-order valence-corrected chi connectivity index (χ3v) is 3.00. The second kappa shape index (κ2) is 5.95. The van der Waals surface area contributed by atoms with E-state index in [0.29, 0.717) is 5.82 Å². The van der Waals surface area contributed by atoms with Crippen LogP contribution in [-0.4, -0.2) is 27.9 Å². The number of carbonyl (C=O) groups excluding carboxylic acids is 1. The molecule has 1 unspecified atom stereocenters. The lowest BCUT2D eigenvalue weighted by atomic mass is 10.1. The van der Waals surface area contributed by atoms with Gasteiger partial charge < -0.3 is 4.90 Å². The van der Waals surface area contributed by atoms with Crippen molar-refractivity contribution in [3.05, 3.63) is 54.5 Å². The van der Waals surface area contributed by atoms with Crippen molar-refractivity contribution in [1.29, 1.82) is 0 Å². The van der Waals surface area contributed by atoms with E-state index in [0.717, 1.165) is 5.56 Å². The highest BCUT2D eigenvalue weighted by molar-refractivity contribution is 5.88. The van der Waals surface area contributed by atoms with Crippen LogP contribution >= 0.6 is 0 Å². The van der Waals surface area contributed by atoms with Crippen molar-refractivity contribution in [2.75, 3.05) is 12.4 Å². The van der Waals surface area contributed by atoms with Crippen molar-refractivity contribution in [1.82, 2.24) is 14.9 Å².